The predicted octanol–water partition coefficient (Wildman–Crippen LogP) is 2.37. The molecule has 0 aliphatic rings. The molecule has 0 aliphatic heterocycles. The molecule has 2 amide bonds. The van der Waals surface area contributed by atoms with Gasteiger partial charge in [0.15, 0.2) is 0 Å². The molecular formula is C19H20N6O2S. The van der Waals surface area contributed by atoms with E-state index in [4.69, 9.17) is 0 Å². The zero-order valence-electron chi connectivity index (χ0n) is 15.8. The highest BCUT2D eigenvalue weighted by atomic mass is 32.2. The number of nitrogens with one attached hydrogen (secondary N) is 2. The zero-order chi connectivity index (χ0) is 20.1. The first-order valence-electron chi connectivity index (χ1n) is 8.58. The molecule has 2 N–H and O–H groups in total. The van der Waals surface area contributed by atoms with Gasteiger partial charge in [-0.05, 0) is 54.1 Å². The van der Waals surface area contributed by atoms with E-state index in [-0.39, 0.29) is 17.6 Å². The van der Waals surface area contributed by atoms with Gasteiger partial charge in [-0.3, -0.25) is 9.59 Å². The highest BCUT2D eigenvalue weighted by Crippen LogP contribution is 2.21. The molecular weight excluding hydrogens is 376 g/mol. The topological polar surface area (TPSA) is 102 Å². The minimum atomic E-state index is -0.214. The van der Waals surface area contributed by atoms with E-state index < -0.39 is 0 Å². The third-order valence-electron chi connectivity index (χ3n) is 3.99. The van der Waals surface area contributed by atoms with Crippen LogP contribution in [0.15, 0.2) is 47.6 Å². The maximum Gasteiger partial charge on any atom is 0.251 e. The number of benzene rings is 2. The Balaban J connectivity index is 1.66. The average Bonchev–Trinajstić information content (AvgIpc) is 3.14. The molecule has 0 spiro atoms. The van der Waals surface area contributed by atoms with Crippen molar-refractivity contribution in [1.29, 1.82) is 0 Å². The Hall–Kier alpha value is -3.20. The molecule has 0 radical (unpaired) electrons. The van der Waals surface area contributed by atoms with E-state index in [0.29, 0.717) is 16.4 Å². The largest absolute Gasteiger partial charge is 0.355 e. The lowest BCUT2D eigenvalue weighted by atomic mass is 10.1. The van der Waals surface area contributed by atoms with Crippen LogP contribution < -0.4 is 10.6 Å². The number of carbonyl (C=O) groups excluding carboxylic acids is 2. The number of carbonyl (C=O) groups is 2. The van der Waals surface area contributed by atoms with Crippen LogP contribution in [0.2, 0.25) is 0 Å². The van der Waals surface area contributed by atoms with Crippen LogP contribution in [0.1, 0.15) is 21.5 Å². The van der Waals surface area contributed by atoms with Crippen LogP contribution in [0, 0.1) is 13.8 Å². The Morgan fingerprint density at radius 1 is 1.14 bits per heavy atom. The van der Waals surface area contributed by atoms with Gasteiger partial charge in [-0.2, -0.15) is 4.68 Å². The fourth-order valence-corrected chi connectivity index (χ4v) is 3.36. The van der Waals surface area contributed by atoms with Crippen LogP contribution in [0.25, 0.3) is 5.69 Å². The van der Waals surface area contributed by atoms with Gasteiger partial charge in [-0.25, -0.2) is 0 Å². The summed E-state index contributed by atoms with van der Waals surface area (Å²) in [6.07, 6.45) is 0. The summed E-state index contributed by atoms with van der Waals surface area (Å²) in [6, 6.07) is 12.8. The quantitative estimate of drug-likeness (QED) is 0.620. The van der Waals surface area contributed by atoms with E-state index in [0.717, 1.165) is 16.8 Å². The van der Waals surface area contributed by atoms with Crippen molar-refractivity contribution in [2.24, 2.45) is 0 Å². The maximum atomic E-state index is 12.3. The molecule has 0 saturated heterocycles. The first-order chi connectivity index (χ1) is 13.5. The first kappa shape index (κ1) is 19.6. The number of amides is 2. The molecule has 0 unspecified atom stereocenters. The summed E-state index contributed by atoms with van der Waals surface area (Å²) in [5.41, 5.74) is 4.11. The van der Waals surface area contributed by atoms with E-state index in [2.05, 4.69) is 32.2 Å². The number of hydrogen-bond acceptors (Lipinski definition) is 6. The SMILES string of the molecule is CNC(=O)c1cccc(NC(=O)CSc2nnnn2-c2ccc(C)cc2C)c1. The molecule has 0 atom stereocenters. The Morgan fingerprint density at radius 3 is 2.71 bits per heavy atom. The van der Waals surface area contributed by atoms with Gasteiger partial charge in [-0.15, -0.1) is 5.10 Å². The number of aromatic nitrogens is 4. The molecule has 144 valence electrons. The summed E-state index contributed by atoms with van der Waals surface area (Å²) >= 11 is 1.24. The van der Waals surface area contributed by atoms with Crippen LogP contribution in [0.5, 0.6) is 0 Å². The molecule has 0 aliphatic carbocycles. The summed E-state index contributed by atoms with van der Waals surface area (Å²) in [6.45, 7) is 4.01. The van der Waals surface area contributed by atoms with Gasteiger partial charge in [0.25, 0.3) is 5.91 Å². The zero-order valence-corrected chi connectivity index (χ0v) is 16.6. The summed E-state index contributed by atoms with van der Waals surface area (Å²) < 4.78 is 1.62. The van der Waals surface area contributed by atoms with E-state index in [9.17, 15) is 9.59 Å². The van der Waals surface area contributed by atoms with Crippen molar-refractivity contribution in [2.75, 3.05) is 18.1 Å². The number of thioether (sulfide) groups is 1. The number of anilines is 1. The fourth-order valence-electron chi connectivity index (χ4n) is 2.67. The summed E-state index contributed by atoms with van der Waals surface area (Å²) in [5, 5.41) is 17.7. The minimum Gasteiger partial charge on any atom is -0.355 e. The van der Waals surface area contributed by atoms with Gasteiger partial charge >= 0.3 is 0 Å². The van der Waals surface area contributed by atoms with Gasteiger partial charge in [0.1, 0.15) is 0 Å². The summed E-state index contributed by atoms with van der Waals surface area (Å²) in [7, 11) is 1.56. The van der Waals surface area contributed by atoms with Crippen molar-refractivity contribution in [3.63, 3.8) is 0 Å². The smallest absolute Gasteiger partial charge is 0.251 e. The first-order valence-corrected chi connectivity index (χ1v) is 9.57. The average molecular weight is 396 g/mol. The van der Waals surface area contributed by atoms with Crippen molar-refractivity contribution in [1.82, 2.24) is 25.5 Å². The van der Waals surface area contributed by atoms with E-state index in [1.54, 1.807) is 36.0 Å². The van der Waals surface area contributed by atoms with Crippen molar-refractivity contribution in [2.45, 2.75) is 19.0 Å². The second kappa shape index (κ2) is 8.66. The maximum absolute atomic E-state index is 12.3. The fraction of sp³-hybridized carbons (Fsp3) is 0.211. The Labute approximate surface area is 166 Å². The lowest BCUT2D eigenvalue weighted by molar-refractivity contribution is -0.113. The number of rotatable bonds is 6. The molecule has 3 rings (SSSR count). The second-order valence-corrected chi connectivity index (χ2v) is 7.10. The Morgan fingerprint density at radius 2 is 1.96 bits per heavy atom. The van der Waals surface area contributed by atoms with Gasteiger partial charge < -0.3 is 10.6 Å². The van der Waals surface area contributed by atoms with Crippen LogP contribution >= 0.6 is 11.8 Å². The monoisotopic (exact) mass is 396 g/mol. The highest BCUT2D eigenvalue weighted by Gasteiger charge is 2.14. The number of tetrazole rings is 1. The van der Waals surface area contributed by atoms with Gasteiger partial charge in [0.2, 0.25) is 11.1 Å². The van der Waals surface area contributed by atoms with E-state index >= 15 is 0 Å². The molecule has 8 nitrogen and oxygen atoms in total. The number of nitrogens with zero attached hydrogens (tertiary/aromatic N) is 4. The van der Waals surface area contributed by atoms with Crippen LogP contribution in [-0.2, 0) is 4.79 Å². The lowest BCUT2D eigenvalue weighted by Gasteiger charge is -2.09. The minimum absolute atomic E-state index is 0.134. The molecule has 1 heterocycles. The van der Waals surface area contributed by atoms with Crippen LogP contribution in [0.4, 0.5) is 5.69 Å². The highest BCUT2D eigenvalue weighted by molar-refractivity contribution is 7.99. The Bertz CT molecular complexity index is 1020. The molecule has 1 aromatic heterocycles. The molecule has 9 heteroatoms. The van der Waals surface area contributed by atoms with Crippen molar-refractivity contribution in [3.05, 3.63) is 59.2 Å². The molecule has 0 bridgehead atoms. The summed E-state index contributed by atoms with van der Waals surface area (Å²) in [4.78, 5) is 24.0. The molecule has 2 aromatic carbocycles. The molecule has 0 saturated carbocycles. The van der Waals surface area contributed by atoms with E-state index in [1.807, 2.05) is 26.0 Å². The van der Waals surface area contributed by atoms with Crippen LogP contribution in [0.3, 0.4) is 0 Å². The second-order valence-electron chi connectivity index (χ2n) is 6.16. The van der Waals surface area contributed by atoms with Crippen molar-refractivity contribution < 1.29 is 9.59 Å². The lowest BCUT2D eigenvalue weighted by Crippen LogP contribution is -2.19. The number of aryl methyl sites for hydroxylation is 2. The third-order valence-corrected chi connectivity index (χ3v) is 4.91. The third kappa shape index (κ3) is 4.55. The van der Waals surface area contributed by atoms with Crippen molar-refractivity contribution in [3.8, 4) is 5.69 Å². The standard InChI is InChI=1S/C19H20N6O2S/c1-12-7-8-16(13(2)9-12)25-19(22-23-24-25)28-11-17(26)21-15-6-4-5-14(10-15)18(27)20-3/h4-10H,11H2,1-3H3,(H,20,27)(H,21,26). The van der Waals surface area contributed by atoms with E-state index in [1.165, 1.54) is 11.8 Å². The molecule has 28 heavy (non-hydrogen) atoms. The molecule has 0 fully saturated rings. The normalized spacial score (nSPS) is 10.5. The van der Waals surface area contributed by atoms with Gasteiger partial charge in [0.05, 0.1) is 11.4 Å². The predicted molar refractivity (Wildman–Crippen MR) is 108 cm³/mol. The van der Waals surface area contributed by atoms with Gasteiger partial charge in [0, 0.05) is 18.3 Å². The number of hydrogen-bond donors (Lipinski definition) is 2. The summed E-state index contributed by atoms with van der Waals surface area (Å²) in [5.74, 6) is -0.289. The van der Waals surface area contributed by atoms with Gasteiger partial charge in [-0.1, -0.05) is 35.5 Å². The van der Waals surface area contributed by atoms with Crippen LogP contribution in [-0.4, -0.2) is 44.8 Å². The van der Waals surface area contributed by atoms with Crippen molar-refractivity contribution >= 4 is 29.3 Å². The molecule has 3 aromatic rings. The Kier molecular flexibility index (Phi) is 6.05.